The van der Waals surface area contributed by atoms with E-state index in [4.69, 9.17) is 9.15 Å². The van der Waals surface area contributed by atoms with Crippen molar-refractivity contribution in [2.75, 3.05) is 0 Å². The summed E-state index contributed by atoms with van der Waals surface area (Å²) in [5.41, 5.74) is 0.845. The number of carbonyl (C=O) groups excluding carboxylic acids is 1. The molecule has 0 aliphatic rings. The molecular weight excluding hydrogens is 308 g/mol. The first-order chi connectivity index (χ1) is 11.7. The Kier molecular flexibility index (Phi) is 3.35. The molecule has 2 heterocycles. The molecule has 2 aromatic heterocycles. The molecule has 24 heavy (non-hydrogen) atoms. The molecule has 0 atom stereocenters. The average molecular weight is 320 g/mol. The number of fused-ring (bicyclic) bond motifs is 3. The van der Waals surface area contributed by atoms with E-state index in [9.17, 15) is 9.59 Å². The lowest BCUT2D eigenvalue weighted by Gasteiger charge is -2.09. The molecule has 2 aromatic carbocycles. The average Bonchev–Trinajstić information content (AvgIpc) is 3.13. The normalized spacial score (nSPS) is 11.0. The molecule has 0 aliphatic heterocycles. The fourth-order valence-electron chi connectivity index (χ4n) is 2.72. The summed E-state index contributed by atoms with van der Waals surface area (Å²) in [5.74, 6) is -0.533. The molecule has 0 radical (unpaired) electrons. The van der Waals surface area contributed by atoms with E-state index >= 15 is 0 Å². The molecule has 4 rings (SSSR count). The molecule has 118 valence electrons. The first-order valence-corrected chi connectivity index (χ1v) is 7.33. The smallest absolute Gasteiger partial charge is 0.356 e. The summed E-state index contributed by atoms with van der Waals surface area (Å²) >= 11 is 0. The van der Waals surface area contributed by atoms with Crippen molar-refractivity contribution in [3.05, 3.63) is 76.4 Å². The number of nitrogens with one attached hydrogen (secondary N) is 1. The lowest BCUT2D eigenvalue weighted by molar-refractivity contribution is 0.0467. The molecule has 0 spiro atoms. The SMILES string of the molecule is O=C(OCc1cc(=O)oc2ccc3ccccc3c12)c1ccn[nH]1. The van der Waals surface area contributed by atoms with Gasteiger partial charge in [-0.2, -0.15) is 5.10 Å². The topological polar surface area (TPSA) is 85.2 Å². The van der Waals surface area contributed by atoms with Crippen LogP contribution in [-0.2, 0) is 11.3 Å². The highest BCUT2D eigenvalue weighted by Crippen LogP contribution is 2.27. The zero-order valence-corrected chi connectivity index (χ0v) is 12.5. The Morgan fingerprint density at radius 1 is 1.17 bits per heavy atom. The van der Waals surface area contributed by atoms with Gasteiger partial charge in [-0.25, -0.2) is 9.59 Å². The number of ether oxygens (including phenoxy) is 1. The van der Waals surface area contributed by atoms with Gasteiger partial charge in [-0.15, -0.1) is 0 Å². The second-order valence-electron chi connectivity index (χ2n) is 5.30. The number of esters is 1. The van der Waals surface area contributed by atoms with Crippen molar-refractivity contribution in [3.8, 4) is 0 Å². The number of benzene rings is 2. The number of H-pyrrole nitrogens is 1. The van der Waals surface area contributed by atoms with Crippen molar-refractivity contribution < 1.29 is 13.9 Å². The molecule has 0 aliphatic carbocycles. The van der Waals surface area contributed by atoms with Crippen LogP contribution in [0.15, 0.2) is 63.9 Å². The van der Waals surface area contributed by atoms with Crippen molar-refractivity contribution in [1.82, 2.24) is 10.2 Å². The highest BCUT2D eigenvalue weighted by atomic mass is 16.5. The number of hydrogen-bond donors (Lipinski definition) is 1. The number of rotatable bonds is 3. The lowest BCUT2D eigenvalue weighted by Crippen LogP contribution is -2.08. The summed E-state index contributed by atoms with van der Waals surface area (Å²) in [4.78, 5) is 23.8. The van der Waals surface area contributed by atoms with Crippen molar-refractivity contribution in [3.63, 3.8) is 0 Å². The van der Waals surface area contributed by atoms with E-state index in [1.165, 1.54) is 18.3 Å². The largest absolute Gasteiger partial charge is 0.456 e. The van der Waals surface area contributed by atoms with Crippen molar-refractivity contribution >= 4 is 27.7 Å². The van der Waals surface area contributed by atoms with Gasteiger partial charge >= 0.3 is 11.6 Å². The van der Waals surface area contributed by atoms with Crippen LogP contribution in [0.5, 0.6) is 0 Å². The molecule has 0 amide bonds. The van der Waals surface area contributed by atoms with Gasteiger partial charge in [0.2, 0.25) is 0 Å². The van der Waals surface area contributed by atoms with Crippen LogP contribution in [0.1, 0.15) is 16.1 Å². The van der Waals surface area contributed by atoms with E-state index in [1.807, 2.05) is 30.3 Å². The molecular formula is C18H12N2O4. The van der Waals surface area contributed by atoms with Gasteiger partial charge in [0, 0.05) is 23.2 Å². The minimum absolute atomic E-state index is 0.0338. The van der Waals surface area contributed by atoms with Gasteiger partial charge in [-0.3, -0.25) is 5.10 Å². The first kappa shape index (κ1) is 14.2. The highest BCUT2D eigenvalue weighted by Gasteiger charge is 2.13. The van der Waals surface area contributed by atoms with Crippen molar-refractivity contribution in [2.45, 2.75) is 6.61 Å². The maximum atomic E-state index is 12.0. The summed E-state index contributed by atoms with van der Waals surface area (Å²) in [6.45, 7) is -0.0338. The van der Waals surface area contributed by atoms with Crippen LogP contribution in [0.2, 0.25) is 0 Å². The van der Waals surface area contributed by atoms with Gasteiger partial charge < -0.3 is 9.15 Å². The Hall–Kier alpha value is -3.41. The van der Waals surface area contributed by atoms with Crippen LogP contribution in [-0.4, -0.2) is 16.2 Å². The molecule has 0 unspecified atom stereocenters. The van der Waals surface area contributed by atoms with E-state index in [0.717, 1.165) is 16.2 Å². The number of nitrogens with zero attached hydrogens (tertiary/aromatic N) is 1. The van der Waals surface area contributed by atoms with Crippen LogP contribution in [0.3, 0.4) is 0 Å². The fraction of sp³-hybridized carbons (Fsp3) is 0.0556. The molecule has 1 N–H and O–H groups in total. The van der Waals surface area contributed by atoms with Crippen LogP contribution in [0.25, 0.3) is 21.7 Å². The fourth-order valence-corrected chi connectivity index (χ4v) is 2.72. The second-order valence-corrected chi connectivity index (χ2v) is 5.30. The van der Waals surface area contributed by atoms with Crippen LogP contribution in [0, 0.1) is 0 Å². The predicted octanol–water partition coefficient (Wildman–Crippen LogP) is 3.03. The molecule has 0 saturated carbocycles. The summed E-state index contributed by atoms with van der Waals surface area (Å²) in [6.07, 6.45) is 1.47. The van der Waals surface area contributed by atoms with E-state index < -0.39 is 11.6 Å². The van der Waals surface area contributed by atoms with Gasteiger partial charge in [0.05, 0.1) is 0 Å². The number of aromatic amines is 1. The third kappa shape index (κ3) is 2.44. The Morgan fingerprint density at radius 2 is 2.04 bits per heavy atom. The van der Waals surface area contributed by atoms with E-state index in [0.29, 0.717) is 11.1 Å². The van der Waals surface area contributed by atoms with Crippen molar-refractivity contribution in [2.24, 2.45) is 0 Å². The standard InChI is InChI=1S/C18H12N2O4/c21-16-9-12(10-23-18(22)14-7-8-19-20-14)17-13-4-2-1-3-11(13)5-6-15(17)24-16/h1-9H,10H2,(H,19,20). The third-order valence-electron chi connectivity index (χ3n) is 3.79. The minimum Gasteiger partial charge on any atom is -0.456 e. The maximum absolute atomic E-state index is 12.0. The predicted molar refractivity (Wildman–Crippen MR) is 87.7 cm³/mol. The Bertz CT molecular complexity index is 1100. The van der Waals surface area contributed by atoms with E-state index in [-0.39, 0.29) is 12.3 Å². The molecule has 6 heteroatoms. The van der Waals surface area contributed by atoms with Gasteiger partial charge in [0.15, 0.2) is 0 Å². The van der Waals surface area contributed by atoms with Gasteiger partial charge in [0.1, 0.15) is 17.9 Å². The summed E-state index contributed by atoms with van der Waals surface area (Å²) in [5, 5.41) is 8.98. The summed E-state index contributed by atoms with van der Waals surface area (Å²) in [7, 11) is 0. The molecule has 0 fully saturated rings. The van der Waals surface area contributed by atoms with Gasteiger partial charge in [-0.1, -0.05) is 30.3 Å². The van der Waals surface area contributed by atoms with Crippen LogP contribution < -0.4 is 5.63 Å². The Morgan fingerprint density at radius 3 is 2.88 bits per heavy atom. The zero-order chi connectivity index (χ0) is 16.5. The van der Waals surface area contributed by atoms with Gasteiger partial charge in [0.25, 0.3) is 0 Å². The Labute approximate surface area is 135 Å². The number of hydrogen-bond acceptors (Lipinski definition) is 5. The van der Waals surface area contributed by atoms with E-state index in [2.05, 4.69) is 10.2 Å². The first-order valence-electron chi connectivity index (χ1n) is 7.33. The van der Waals surface area contributed by atoms with Gasteiger partial charge in [-0.05, 0) is 22.9 Å². The molecule has 0 bridgehead atoms. The summed E-state index contributed by atoms with van der Waals surface area (Å²) < 4.78 is 10.6. The molecule has 6 nitrogen and oxygen atoms in total. The second kappa shape index (κ2) is 5.66. The number of aromatic nitrogens is 2. The van der Waals surface area contributed by atoms with Crippen molar-refractivity contribution in [1.29, 1.82) is 0 Å². The van der Waals surface area contributed by atoms with Crippen LogP contribution >= 0.6 is 0 Å². The Balaban J connectivity index is 1.80. The molecule has 0 saturated heterocycles. The van der Waals surface area contributed by atoms with Crippen LogP contribution in [0.4, 0.5) is 0 Å². The third-order valence-corrected chi connectivity index (χ3v) is 3.79. The number of carbonyl (C=O) groups is 1. The minimum atomic E-state index is -0.533. The zero-order valence-electron chi connectivity index (χ0n) is 12.5. The maximum Gasteiger partial charge on any atom is 0.356 e. The lowest BCUT2D eigenvalue weighted by atomic mass is 10.0. The molecule has 4 aromatic rings. The highest BCUT2D eigenvalue weighted by molar-refractivity contribution is 6.07. The monoisotopic (exact) mass is 320 g/mol. The summed E-state index contributed by atoms with van der Waals surface area (Å²) in [6, 6.07) is 14.3. The van der Waals surface area contributed by atoms with E-state index in [1.54, 1.807) is 6.07 Å². The quantitative estimate of drug-likeness (QED) is 0.356.